The van der Waals surface area contributed by atoms with Gasteiger partial charge in [0.2, 0.25) is 0 Å². The largest absolute Gasteiger partial charge is 0.493 e. The highest BCUT2D eigenvalue weighted by molar-refractivity contribution is 7.07. The van der Waals surface area contributed by atoms with Gasteiger partial charge in [-0.1, -0.05) is 12.1 Å². The van der Waals surface area contributed by atoms with E-state index in [2.05, 4.69) is 10.3 Å². The van der Waals surface area contributed by atoms with Gasteiger partial charge >= 0.3 is 0 Å². The second kappa shape index (κ2) is 7.76. The van der Waals surface area contributed by atoms with Crippen molar-refractivity contribution in [3.63, 3.8) is 0 Å². The molecule has 1 heterocycles. The van der Waals surface area contributed by atoms with E-state index in [0.717, 1.165) is 5.69 Å². The zero-order chi connectivity index (χ0) is 17.6. The minimum absolute atomic E-state index is 0.121. The predicted molar refractivity (Wildman–Crippen MR) is 93.8 cm³/mol. The van der Waals surface area contributed by atoms with E-state index in [-0.39, 0.29) is 5.69 Å². The van der Waals surface area contributed by atoms with Crippen LogP contribution in [0.3, 0.4) is 0 Å². The quantitative estimate of drug-likeness (QED) is 0.720. The summed E-state index contributed by atoms with van der Waals surface area (Å²) in [5, 5.41) is 4.42. The van der Waals surface area contributed by atoms with Crippen molar-refractivity contribution in [2.24, 2.45) is 0 Å². The van der Waals surface area contributed by atoms with Gasteiger partial charge in [-0.15, -0.1) is 11.3 Å². The molecule has 0 aliphatic rings. The van der Waals surface area contributed by atoms with Gasteiger partial charge < -0.3 is 14.8 Å². The van der Waals surface area contributed by atoms with Crippen LogP contribution in [0.1, 0.15) is 16.1 Å². The second-order valence-corrected chi connectivity index (χ2v) is 5.79. The van der Waals surface area contributed by atoms with Gasteiger partial charge in [-0.05, 0) is 30.3 Å². The number of aromatic nitrogens is 1. The van der Waals surface area contributed by atoms with Crippen molar-refractivity contribution in [2.75, 3.05) is 12.4 Å². The molecule has 0 aliphatic heterocycles. The third kappa shape index (κ3) is 4.13. The number of nitrogens with one attached hydrogen (secondary N) is 1. The smallest absolute Gasteiger partial charge is 0.255 e. The number of methoxy groups -OCH3 is 1. The minimum Gasteiger partial charge on any atom is -0.493 e. The number of para-hydroxylation sites is 1. The molecule has 5 nitrogen and oxygen atoms in total. The van der Waals surface area contributed by atoms with Gasteiger partial charge in [0, 0.05) is 10.9 Å². The average molecular weight is 358 g/mol. The molecule has 0 radical (unpaired) electrons. The molecule has 1 amide bonds. The molecule has 0 bridgehead atoms. The number of carbonyl (C=O) groups is 1. The predicted octanol–water partition coefficient (Wildman–Crippen LogP) is 4.12. The van der Waals surface area contributed by atoms with Crippen molar-refractivity contribution < 1.29 is 18.7 Å². The molecule has 3 aromatic rings. The number of carbonyl (C=O) groups excluding carboxylic acids is 1. The van der Waals surface area contributed by atoms with Crippen LogP contribution in [0.25, 0.3) is 0 Å². The highest BCUT2D eigenvalue weighted by Crippen LogP contribution is 2.29. The van der Waals surface area contributed by atoms with E-state index in [1.165, 1.54) is 30.6 Å². The molecule has 1 aromatic heterocycles. The summed E-state index contributed by atoms with van der Waals surface area (Å²) < 4.78 is 24.6. The summed E-state index contributed by atoms with van der Waals surface area (Å²) in [7, 11) is 1.49. The summed E-state index contributed by atoms with van der Waals surface area (Å²) >= 11 is 1.49. The molecule has 0 unspecified atom stereocenters. The van der Waals surface area contributed by atoms with Crippen LogP contribution in [-0.4, -0.2) is 18.0 Å². The van der Waals surface area contributed by atoms with E-state index in [1.54, 1.807) is 35.8 Å². The number of hydrogen-bond donors (Lipinski definition) is 1. The summed E-state index contributed by atoms with van der Waals surface area (Å²) in [5.74, 6) is -0.0187. The van der Waals surface area contributed by atoms with Crippen molar-refractivity contribution in [3.8, 4) is 11.5 Å². The Hall–Kier alpha value is -2.93. The number of hydrogen-bond acceptors (Lipinski definition) is 5. The van der Waals surface area contributed by atoms with Crippen LogP contribution in [0.15, 0.2) is 53.4 Å². The molecule has 7 heteroatoms. The van der Waals surface area contributed by atoms with Crippen LogP contribution in [0.4, 0.5) is 10.1 Å². The summed E-state index contributed by atoms with van der Waals surface area (Å²) in [6.45, 7) is 0.306. The molecule has 2 aromatic carbocycles. The van der Waals surface area contributed by atoms with E-state index in [4.69, 9.17) is 9.47 Å². The molecule has 0 saturated carbocycles. The molecular weight excluding hydrogens is 343 g/mol. The zero-order valence-corrected chi connectivity index (χ0v) is 14.2. The van der Waals surface area contributed by atoms with Gasteiger partial charge in [0.25, 0.3) is 5.91 Å². The lowest BCUT2D eigenvalue weighted by atomic mass is 10.1. The van der Waals surface area contributed by atoms with Gasteiger partial charge in [-0.2, -0.15) is 0 Å². The molecule has 1 N–H and O–H groups in total. The van der Waals surface area contributed by atoms with Crippen molar-refractivity contribution in [3.05, 3.63) is 70.4 Å². The van der Waals surface area contributed by atoms with E-state index >= 15 is 0 Å². The molecule has 0 atom stereocenters. The van der Waals surface area contributed by atoms with Crippen LogP contribution in [0.2, 0.25) is 0 Å². The van der Waals surface area contributed by atoms with E-state index in [0.29, 0.717) is 23.7 Å². The Morgan fingerprint density at radius 1 is 1.24 bits per heavy atom. The highest BCUT2D eigenvalue weighted by atomic mass is 32.1. The lowest BCUT2D eigenvalue weighted by Crippen LogP contribution is -2.13. The second-order valence-electron chi connectivity index (χ2n) is 5.07. The first-order valence-corrected chi connectivity index (χ1v) is 8.35. The summed E-state index contributed by atoms with van der Waals surface area (Å²) in [4.78, 5) is 16.4. The highest BCUT2D eigenvalue weighted by Gasteiger charge is 2.13. The third-order valence-electron chi connectivity index (χ3n) is 3.41. The Balaban J connectivity index is 1.74. The summed E-state index contributed by atoms with van der Waals surface area (Å²) in [5.41, 5.74) is 3.00. The number of rotatable bonds is 6. The maximum absolute atomic E-state index is 13.6. The monoisotopic (exact) mass is 358 g/mol. The van der Waals surface area contributed by atoms with Crippen LogP contribution < -0.4 is 14.8 Å². The Labute approximate surface area is 148 Å². The van der Waals surface area contributed by atoms with E-state index < -0.39 is 11.7 Å². The van der Waals surface area contributed by atoms with Gasteiger partial charge in [0.15, 0.2) is 11.5 Å². The number of thiazole rings is 1. The fourth-order valence-corrected chi connectivity index (χ4v) is 2.69. The molecule has 0 spiro atoms. The number of nitrogens with zero attached hydrogens (tertiary/aromatic N) is 1. The first-order valence-electron chi connectivity index (χ1n) is 7.41. The first kappa shape index (κ1) is 16.9. The SMILES string of the molecule is COc1cc(C(=O)Nc2ccccc2F)ccc1OCc1cscn1. The molecule has 25 heavy (non-hydrogen) atoms. The number of ether oxygens (including phenoxy) is 2. The Kier molecular flexibility index (Phi) is 5.25. The molecule has 0 saturated heterocycles. The van der Waals surface area contributed by atoms with Crippen LogP contribution >= 0.6 is 11.3 Å². The number of amides is 1. The lowest BCUT2D eigenvalue weighted by Gasteiger charge is -2.12. The van der Waals surface area contributed by atoms with Crippen LogP contribution in [0.5, 0.6) is 11.5 Å². The van der Waals surface area contributed by atoms with Crippen LogP contribution in [-0.2, 0) is 6.61 Å². The van der Waals surface area contributed by atoms with Crippen molar-refractivity contribution >= 4 is 22.9 Å². The fraction of sp³-hybridized carbons (Fsp3) is 0.111. The Morgan fingerprint density at radius 3 is 2.80 bits per heavy atom. The average Bonchev–Trinajstić information content (AvgIpc) is 3.15. The zero-order valence-electron chi connectivity index (χ0n) is 13.4. The molecule has 3 rings (SSSR count). The van der Waals surface area contributed by atoms with Crippen molar-refractivity contribution in [1.29, 1.82) is 0 Å². The number of halogens is 1. The number of benzene rings is 2. The minimum atomic E-state index is -0.494. The maximum atomic E-state index is 13.6. The Morgan fingerprint density at radius 2 is 2.08 bits per heavy atom. The number of anilines is 1. The first-order chi connectivity index (χ1) is 12.2. The topological polar surface area (TPSA) is 60.5 Å². The van der Waals surface area contributed by atoms with Gasteiger partial charge in [0.1, 0.15) is 12.4 Å². The standard InChI is InChI=1S/C18H15FN2O3S/c1-23-17-8-12(18(22)21-15-5-3-2-4-14(15)19)6-7-16(17)24-9-13-10-25-11-20-13/h2-8,10-11H,9H2,1H3,(H,21,22). The molecule has 0 fully saturated rings. The van der Waals surface area contributed by atoms with Gasteiger partial charge in [-0.25, -0.2) is 9.37 Å². The third-order valence-corrected chi connectivity index (χ3v) is 4.04. The maximum Gasteiger partial charge on any atom is 0.255 e. The van der Waals surface area contributed by atoms with Crippen molar-refractivity contribution in [1.82, 2.24) is 4.98 Å². The van der Waals surface area contributed by atoms with E-state index in [9.17, 15) is 9.18 Å². The normalized spacial score (nSPS) is 10.3. The Bertz CT molecular complexity index is 869. The lowest BCUT2D eigenvalue weighted by molar-refractivity contribution is 0.102. The summed E-state index contributed by atoms with van der Waals surface area (Å²) in [6, 6.07) is 10.8. The summed E-state index contributed by atoms with van der Waals surface area (Å²) in [6.07, 6.45) is 0. The fourth-order valence-electron chi connectivity index (χ4n) is 2.15. The van der Waals surface area contributed by atoms with Crippen molar-refractivity contribution in [2.45, 2.75) is 6.61 Å². The molecular formula is C18H15FN2O3S. The van der Waals surface area contributed by atoms with Crippen LogP contribution in [0, 0.1) is 5.82 Å². The van der Waals surface area contributed by atoms with E-state index in [1.807, 2.05) is 5.38 Å². The van der Waals surface area contributed by atoms with Gasteiger partial charge in [-0.3, -0.25) is 4.79 Å². The molecule has 0 aliphatic carbocycles. The molecule has 128 valence electrons. The van der Waals surface area contributed by atoms with Gasteiger partial charge in [0.05, 0.1) is 24.0 Å².